The molecule has 5 nitrogen and oxygen atoms in total. The molecule has 0 radical (unpaired) electrons. The second kappa shape index (κ2) is 6.46. The van der Waals surface area contributed by atoms with Crippen LogP contribution in [0.15, 0.2) is 30.3 Å². The van der Waals surface area contributed by atoms with E-state index in [1.54, 1.807) is 0 Å². The van der Waals surface area contributed by atoms with E-state index in [0.29, 0.717) is 19.5 Å². The van der Waals surface area contributed by atoms with E-state index in [9.17, 15) is 9.59 Å². The number of piperidine rings is 1. The first-order valence-corrected chi connectivity index (χ1v) is 8.81. The highest BCUT2D eigenvalue weighted by molar-refractivity contribution is 5.81. The molecule has 3 amide bonds. The normalized spacial score (nSPS) is 23.2. The lowest BCUT2D eigenvalue weighted by atomic mass is 9.74. The summed E-state index contributed by atoms with van der Waals surface area (Å²) in [6, 6.07) is 10.5. The van der Waals surface area contributed by atoms with Crippen LogP contribution in [0.3, 0.4) is 0 Å². The van der Waals surface area contributed by atoms with Crippen LogP contribution in [-0.2, 0) is 4.79 Å². The number of hydrogen-bond acceptors (Lipinski definition) is 2. The van der Waals surface area contributed by atoms with Crippen molar-refractivity contribution >= 4 is 11.9 Å². The number of benzene rings is 1. The number of amides is 3. The highest BCUT2D eigenvalue weighted by Crippen LogP contribution is 2.48. The molecule has 0 saturated carbocycles. The van der Waals surface area contributed by atoms with Crippen molar-refractivity contribution in [3.63, 3.8) is 0 Å². The topological polar surface area (TPSA) is 52.7 Å². The number of nitrogens with one attached hydrogen (secondary N) is 1. The van der Waals surface area contributed by atoms with Crippen LogP contribution in [0.2, 0.25) is 0 Å². The van der Waals surface area contributed by atoms with Crippen LogP contribution in [0, 0.1) is 0 Å². The summed E-state index contributed by atoms with van der Waals surface area (Å²) >= 11 is 0. The summed E-state index contributed by atoms with van der Waals surface area (Å²) < 4.78 is 0. The predicted octanol–water partition coefficient (Wildman–Crippen LogP) is 2.58. The highest BCUT2D eigenvalue weighted by atomic mass is 16.2. The zero-order valence-corrected chi connectivity index (χ0v) is 14.8. The molecule has 0 bridgehead atoms. The molecule has 2 heterocycles. The lowest BCUT2D eigenvalue weighted by Crippen LogP contribution is -2.56. The van der Waals surface area contributed by atoms with Crippen molar-refractivity contribution in [2.24, 2.45) is 0 Å². The molecule has 130 valence electrons. The number of urea groups is 1. The molecule has 5 heteroatoms. The summed E-state index contributed by atoms with van der Waals surface area (Å²) in [6.07, 6.45) is 2.24. The van der Waals surface area contributed by atoms with Gasteiger partial charge in [-0.1, -0.05) is 30.3 Å². The molecular formula is C19H27N3O2. The Balaban J connectivity index is 1.79. The van der Waals surface area contributed by atoms with Gasteiger partial charge in [-0.3, -0.25) is 4.79 Å². The minimum Gasteiger partial charge on any atom is -0.339 e. The molecule has 1 aromatic rings. The second-order valence-electron chi connectivity index (χ2n) is 7.31. The van der Waals surface area contributed by atoms with Gasteiger partial charge in [-0.05, 0) is 32.3 Å². The smallest absolute Gasteiger partial charge is 0.317 e. The van der Waals surface area contributed by atoms with Gasteiger partial charge in [0.15, 0.2) is 0 Å². The molecule has 1 unspecified atom stereocenters. The standard InChI is InChI=1S/C19H27N3O2/c1-14(2)20-18(24)22-11-9-19(10-12-22)16(13-17(23)21(19)3)15-7-5-4-6-8-15/h4-8,14,16H,9-13H2,1-3H3,(H,20,24). The van der Waals surface area contributed by atoms with Crippen molar-refractivity contribution in [1.29, 1.82) is 0 Å². The fourth-order valence-electron chi connectivity index (χ4n) is 4.22. The minimum absolute atomic E-state index is 0.00286. The second-order valence-corrected chi connectivity index (χ2v) is 7.31. The van der Waals surface area contributed by atoms with Gasteiger partial charge in [-0.25, -0.2) is 4.79 Å². The number of likely N-dealkylation sites (tertiary alicyclic amines) is 2. The van der Waals surface area contributed by atoms with Crippen molar-refractivity contribution in [2.75, 3.05) is 20.1 Å². The highest BCUT2D eigenvalue weighted by Gasteiger charge is 2.52. The Bertz CT molecular complexity index is 606. The van der Waals surface area contributed by atoms with Crippen LogP contribution in [0.5, 0.6) is 0 Å². The fourth-order valence-corrected chi connectivity index (χ4v) is 4.22. The van der Waals surface area contributed by atoms with Crippen LogP contribution in [0.4, 0.5) is 4.79 Å². The van der Waals surface area contributed by atoms with E-state index in [0.717, 1.165) is 12.8 Å². The number of likely N-dealkylation sites (N-methyl/N-ethyl adjacent to an activating group) is 1. The summed E-state index contributed by atoms with van der Waals surface area (Å²) in [6.45, 7) is 5.33. The summed E-state index contributed by atoms with van der Waals surface area (Å²) in [5.41, 5.74) is 1.07. The molecule has 2 aliphatic heterocycles. The van der Waals surface area contributed by atoms with Gasteiger partial charge in [0.05, 0.1) is 5.54 Å². The lowest BCUT2D eigenvalue weighted by Gasteiger charge is -2.46. The average molecular weight is 329 g/mol. The van der Waals surface area contributed by atoms with E-state index in [-0.39, 0.29) is 29.4 Å². The third kappa shape index (κ3) is 2.87. The summed E-state index contributed by atoms with van der Waals surface area (Å²) in [5.74, 6) is 0.426. The predicted molar refractivity (Wildman–Crippen MR) is 93.8 cm³/mol. The van der Waals surface area contributed by atoms with E-state index in [1.165, 1.54) is 5.56 Å². The Kier molecular flexibility index (Phi) is 4.52. The number of hydrogen-bond donors (Lipinski definition) is 1. The van der Waals surface area contributed by atoms with Crippen molar-refractivity contribution < 1.29 is 9.59 Å². The average Bonchev–Trinajstić information content (AvgIpc) is 2.81. The first-order valence-electron chi connectivity index (χ1n) is 8.81. The summed E-state index contributed by atoms with van der Waals surface area (Å²) in [4.78, 5) is 28.5. The third-order valence-corrected chi connectivity index (χ3v) is 5.60. The molecule has 0 aromatic heterocycles. The largest absolute Gasteiger partial charge is 0.339 e. The number of nitrogens with zero attached hydrogens (tertiary/aromatic N) is 2. The Morgan fingerprint density at radius 2 is 1.83 bits per heavy atom. The van der Waals surface area contributed by atoms with E-state index in [2.05, 4.69) is 17.4 Å². The summed E-state index contributed by atoms with van der Waals surface area (Å²) in [7, 11) is 1.93. The van der Waals surface area contributed by atoms with Gasteiger partial charge in [0.2, 0.25) is 5.91 Å². The molecular weight excluding hydrogens is 302 g/mol. The van der Waals surface area contributed by atoms with Gasteiger partial charge in [-0.15, -0.1) is 0 Å². The van der Waals surface area contributed by atoms with Crippen LogP contribution in [0.25, 0.3) is 0 Å². The first kappa shape index (κ1) is 16.8. The minimum atomic E-state index is -0.160. The molecule has 2 saturated heterocycles. The SMILES string of the molecule is CC(C)NC(=O)N1CCC2(CC1)C(c1ccccc1)CC(=O)N2C. The molecule has 2 aliphatic rings. The van der Waals surface area contributed by atoms with Gasteiger partial charge in [0, 0.05) is 38.5 Å². The molecule has 1 atom stereocenters. The Labute approximate surface area is 144 Å². The van der Waals surface area contributed by atoms with Crippen molar-refractivity contribution in [3.8, 4) is 0 Å². The third-order valence-electron chi connectivity index (χ3n) is 5.60. The molecule has 24 heavy (non-hydrogen) atoms. The number of carbonyl (C=O) groups excluding carboxylic acids is 2. The quantitative estimate of drug-likeness (QED) is 0.907. The van der Waals surface area contributed by atoms with Crippen LogP contribution in [-0.4, -0.2) is 53.5 Å². The maximum absolute atomic E-state index is 12.4. The monoisotopic (exact) mass is 329 g/mol. The van der Waals surface area contributed by atoms with Gasteiger partial charge < -0.3 is 15.1 Å². The lowest BCUT2D eigenvalue weighted by molar-refractivity contribution is -0.130. The molecule has 1 aromatic carbocycles. The summed E-state index contributed by atoms with van der Waals surface area (Å²) in [5, 5.41) is 2.96. The number of rotatable bonds is 2. The van der Waals surface area contributed by atoms with Gasteiger partial charge >= 0.3 is 6.03 Å². The molecule has 1 spiro atoms. The maximum Gasteiger partial charge on any atom is 0.317 e. The molecule has 3 rings (SSSR count). The van der Waals surface area contributed by atoms with E-state index < -0.39 is 0 Å². The van der Waals surface area contributed by atoms with Crippen molar-refractivity contribution in [1.82, 2.24) is 15.1 Å². The maximum atomic E-state index is 12.4. The van der Waals surface area contributed by atoms with Gasteiger partial charge in [0.25, 0.3) is 0 Å². The molecule has 0 aliphatic carbocycles. The van der Waals surface area contributed by atoms with Crippen LogP contribution in [0.1, 0.15) is 44.6 Å². The van der Waals surface area contributed by atoms with E-state index in [4.69, 9.17) is 0 Å². The molecule has 1 N–H and O–H groups in total. The van der Waals surface area contributed by atoms with Crippen molar-refractivity contribution in [3.05, 3.63) is 35.9 Å². The Morgan fingerprint density at radius 3 is 2.42 bits per heavy atom. The Morgan fingerprint density at radius 1 is 1.21 bits per heavy atom. The van der Waals surface area contributed by atoms with Gasteiger partial charge in [-0.2, -0.15) is 0 Å². The number of carbonyl (C=O) groups is 2. The van der Waals surface area contributed by atoms with E-state index >= 15 is 0 Å². The van der Waals surface area contributed by atoms with Crippen LogP contribution < -0.4 is 5.32 Å². The molecule has 2 fully saturated rings. The van der Waals surface area contributed by atoms with E-state index in [1.807, 2.05) is 48.9 Å². The van der Waals surface area contributed by atoms with Crippen molar-refractivity contribution in [2.45, 2.75) is 50.6 Å². The fraction of sp³-hybridized carbons (Fsp3) is 0.579. The van der Waals surface area contributed by atoms with Gasteiger partial charge in [0.1, 0.15) is 0 Å². The van der Waals surface area contributed by atoms with Crippen LogP contribution >= 0.6 is 0 Å². The first-order chi connectivity index (χ1) is 11.4. The zero-order chi connectivity index (χ0) is 17.3. The zero-order valence-electron chi connectivity index (χ0n) is 14.8. The Hall–Kier alpha value is -2.04.